The van der Waals surface area contributed by atoms with E-state index in [1.165, 1.54) is 11.3 Å². The number of carbonyl (C=O) groups excluding carboxylic acids is 1. The zero-order valence-corrected chi connectivity index (χ0v) is 11.7. The van der Waals surface area contributed by atoms with Gasteiger partial charge in [-0.3, -0.25) is 4.79 Å². The maximum Gasteiger partial charge on any atom is 0.263 e. The van der Waals surface area contributed by atoms with Gasteiger partial charge in [0, 0.05) is 12.6 Å². The van der Waals surface area contributed by atoms with Crippen LogP contribution in [0.4, 0.5) is 10.7 Å². The van der Waals surface area contributed by atoms with E-state index in [1.54, 1.807) is 6.08 Å². The molecule has 2 heterocycles. The number of anilines is 2. The van der Waals surface area contributed by atoms with E-state index in [-0.39, 0.29) is 5.91 Å². The van der Waals surface area contributed by atoms with Crippen molar-refractivity contribution in [1.82, 2.24) is 10.6 Å². The summed E-state index contributed by atoms with van der Waals surface area (Å²) >= 11 is 1.41. The monoisotopic (exact) mass is 280 g/mol. The van der Waals surface area contributed by atoms with Gasteiger partial charge in [-0.25, -0.2) is 0 Å². The Kier molecular flexibility index (Phi) is 4.81. The van der Waals surface area contributed by atoms with Crippen LogP contribution in [-0.2, 0) is 0 Å². The van der Waals surface area contributed by atoms with Crippen LogP contribution in [0.1, 0.15) is 22.5 Å². The molecular weight excluding hydrogens is 260 g/mol. The zero-order chi connectivity index (χ0) is 13.7. The number of nitrogen functional groups attached to an aromatic ring is 1. The van der Waals surface area contributed by atoms with Crippen molar-refractivity contribution in [3.8, 4) is 0 Å². The highest BCUT2D eigenvalue weighted by atomic mass is 32.1. The first-order chi connectivity index (χ1) is 9.20. The molecule has 0 aromatic carbocycles. The largest absolute Gasteiger partial charge is 0.397 e. The van der Waals surface area contributed by atoms with Gasteiger partial charge in [0.1, 0.15) is 4.88 Å². The van der Waals surface area contributed by atoms with Crippen molar-refractivity contribution in [2.75, 3.05) is 30.7 Å². The third-order valence-corrected chi connectivity index (χ3v) is 4.14. The van der Waals surface area contributed by atoms with Gasteiger partial charge in [-0.2, -0.15) is 0 Å². The summed E-state index contributed by atoms with van der Waals surface area (Å²) in [5.74, 6) is -0.138. The number of amides is 1. The second kappa shape index (κ2) is 6.58. The Morgan fingerprint density at radius 1 is 1.58 bits per heavy atom. The van der Waals surface area contributed by atoms with E-state index in [2.05, 4.69) is 22.5 Å². The van der Waals surface area contributed by atoms with Gasteiger partial charge in [-0.05, 0) is 32.0 Å². The minimum Gasteiger partial charge on any atom is -0.397 e. The average Bonchev–Trinajstić information content (AvgIpc) is 2.78. The SMILES string of the molecule is C=CCNC(=O)c1sc(NC2CCNCC2)cc1N. The molecule has 0 atom stereocenters. The van der Waals surface area contributed by atoms with Crippen LogP contribution in [0.15, 0.2) is 18.7 Å². The number of carbonyl (C=O) groups is 1. The summed E-state index contributed by atoms with van der Waals surface area (Å²) in [6.45, 7) is 6.09. The summed E-state index contributed by atoms with van der Waals surface area (Å²) < 4.78 is 0. The molecule has 2 rings (SSSR count). The van der Waals surface area contributed by atoms with Crippen LogP contribution < -0.4 is 21.7 Å². The number of hydrogen-bond donors (Lipinski definition) is 4. The molecule has 5 nitrogen and oxygen atoms in total. The number of nitrogens with one attached hydrogen (secondary N) is 3. The fourth-order valence-corrected chi connectivity index (χ4v) is 3.04. The van der Waals surface area contributed by atoms with Crippen LogP contribution in [0, 0.1) is 0 Å². The van der Waals surface area contributed by atoms with Crippen LogP contribution in [-0.4, -0.2) is 31.6 Å². The van der Waals surface area contributed by atoms with Gasteiger partial charge >= 0.3 is 0 Å². The molecule has 0 bridgehead atoms. The van der Waals surface area contributed by atoms with E-state index in [0.717, 1.165) is 30.9 Å². The Morgan fingerprint density at radius 3 is 3.00 bits per heavy atom. The molecule has 0 unspecified atom stereocenters. The third kappa shape index (κ3) is 3.71. The highest BCUT2D eigenvalue weighted by Crippen LogP contribution is 2.30. The lowest BCUT2D eigenvalue weighted by molar-refractivity contribution is 0.0963. The smallest absolute Gasteiger partial charge is 0.263 e. The van der Waals surface area contributed by atoms with Crippen molar-refractivity contribution in [3.05, 3.63) is 23.6 Å². The summed E-state index contributed by atoms with van der Waals surface area (Å²) in [5, 5.41) is 10.5. The minimum atomic E-state index is -0.138. The topological polar surface area (TPSA) is 79.2 Å². The molecule has 1 aromatic heterocycles. The molecule has 1 aliphatic rings. The van der Waals surface area contributed by atoms with Gasteiger partial charge in [-0.1, -0.05) is 6.08 Å². The van der Waals surface area contributed by atoms with E-state index < -0.39 is 0 Å². The zero-order valence-electron chi connectivity index (χ0n) is 10.9. The number of rotatable bonds is 5. The molecule has 6 heteroatoms. The fourth-order valence-electron chi connectivity index (χ4n) is 2.07. The number of hydrogen-bond acceptors (Lipinski definition) is 5. The lowest BCUT2D eigenvalue weighted by Gasteiger charge is -2.23. The summed E-state index contributed by atoms with van der Waals surface area (Å²) in [4.78, 5) is 12.4. The van der Waals surface area contributed by atoms with Crippen LogP contribution in [0.25, 0.3) is 0 Å². The number of thiophene rings is 1. The van der Waals surface area contributed by atoms with Gasteiger partial charge in [0.2, 0.25) is 0 Å². The highest BCUT2D eigenvalue weighted by Gasteiger charge is 2.17. The summed E-state index contributed by atoms with van der Waals surface area (Å²) in [6, 6.07) is 2.30. The molecule has 1 fully saturated rings. The Labute approximate surface area is 117 Å². The van der Waals surface area contributed by atoms with E-state index in [0.29, 0.717) is 23.2 Å². The van der Waals surface area contributed by atoms with Crippen molar-refractivity contribution in [1.29, 1.82) is 0 Å². The molecule has 1 amide bonds. The van der Waals surface area contributed by atoms with Crippen LogP contribution in [0.2, 0.25) is 0 Å². The Balaban J connectivity index is 1.99. The fraction of sp³-hybridized carbons (Fsp3) is 0.462. The second-order valence-corrected chi connectivity index (χ2v) is 5.61. The summed E-state index contributed by atoms with van der Waals surface area (Å²) in [7, 11) is 0. The molecule has 19 heavy (non-hydrogen) atoms. The molecular formula is C13H20N4OS. The van der Waals surface area contributed by atoms with Gasteiger partial charge in [0.05, 0.1) is 10.7 Å². The minimum absolute atomic E-state index is 0.138. The first-order valence-electron chi connectivity index (χ1n) is 6.46. The van der Waals surface area contributed by atoms with Crippen molar-refractivity contribution >= 4 is 27.9 Å². The van der Waals surface area contributed by atoms with Crippen molar-refractivity contribution < 1.29 is 4.79 Å². The van der Waals surface area contributed by atoms with Gasteiger partial charge < -0.3 is 21.7 Å². The van der Waals surface area contributed by atoms with Crippen LogP contribution >= 0.6 is 11.3 Å². The summed E-state index contributed by atoms with van der Waals surface area (Å²) in [6.07, 6.45) is 3.83. The van der Waals surface area contributed by atoms with E-state index in [4.69, 9.17) is 5.73 Å². The summed E-state index contributed by atoms with van der Waals surface area (Å²) in [5.41, 5.74) is 6.42. The van der Waals surface area contributed by atoms with Gasteiger partial charge in [0.25, 0.3) is 5.91 Å². The Morgan fingerprint density at radius 2 is 2.32 bits per heavy atom. The normalized spacial score (nSPS) is 16.0. The van der Waals surface area contributed by atoms with Crippen LogP contribution in [0.3, 0.4) is 0 Å². The van der Waals surface area contributed by atoms with Crippen molar-refractivity contribution in [2.45, 2.75) is 18.9 Å². The van der Waals surface area contributed by atoms with E-state index in [1.807, 2.05) is 6.07 Å². The van der Waals surface area contributed by atoms with E-state index >= 15 is 0 Å². The van der Waals surface area contributed by atoms with Crippen molar-refractivity contribution in [3.63, 3.8) is 0 Å². The number of nitrogens with two attached hydrogens (primary N) is 1. The Bertz CT molecular complexity index is 451. The quantitative estimate of drug-likeness (QED) is 0.615. The third-order valence-electron chi connectivity index (χ3n) is 3.06. The molecule has 1 saturated heterocycles. The second-order valence-electron chi connectivity index (χ2n) is 4.56. The van der Waals surface area contributed by atoms with Gasteiger partial charge in [0.15, 0.2) is 0 Å². The highest BCUT2D eigenvalue weighted by molar-refractivity contribution is 7.18. The molecule has 0 radical (unpaired) electrons. The molecule has 1 aliphatic heterocycles. The lowest BCUT2D eigenvalue weighted by Crippen LogP contribution is -2.35. The number of piperidine rings is 1. The van der Waals surface area contributed by atoms with Crippen molar-refractivity contribution in [2.24, 2.45) is 0 Å². The van der Waals surface area contributed by atoms with Gasteiger partial charge in [-0.15, -0.1) is 17.9 Å². The maximum absolute atomic E-state index is 11.9. The molecule has 1 aromatic rings. The van der Waals surface area contributed by atoms with E-state index in [9.17, 15) is 4.79 Å². The predicted molar refractivity (Wildman–Crippen MR) is 80.8 cm³/mol. The first kappa shape index (κ1) is 13.9. The predicted octanol–water partition coefficient (Wildman–Crippen LogP) is 1.41. The molecule has 0 spiro atoms. The standard InChI is InChI=1S/C13H20N4OS/c1-2-5-16-13(18)12-10(14)8-11(19-12)17-9-3-6-15-7-4-9/h2,8-9,15,17H,1,3-7,14H2,(H,16,18). The molecule has 0 aliphatic carbocycles. The lowest BCUT2D eigenvalue weighted by atomic mass is 10.1. The Hall–Kier alpha value is -1.53. The average molecular weight is 280 g/mol. The molecule has 104 valence electrons. The maximum atomic E-state index is 11.9. The molecule has 5 N–H and O–H groups in total. The first-order valence-corrected chi connectivity index (χ1v) is 7.28. The van der Waals surface area contributed by atoms with Crippen LogP contribution in [0.5, 0.6) is 0 Å². The molecule has 0 saturated carbocycles.